The van der Waals surface area contributed by atoms with Crippen LogP contribution in [0.5, 0.6) is 0 Å². The van der Waals surface area contributed by atoms with Gasteiger partial charge in [-0.1, -0.05) is 6.07 Å². The van der Waals surface area contributed by atoms with E-state index in [4.69, 9.17) is 10.8 Å². The molecule has 1 aromatic carbocycles. The maximum atomic E-state index is 11.0. The number of aliphatic hydroxyl groups excluding tert-OH is 1. The van der Waals surface area contributed by atoms with E-state index in [-0.39, 0.29) is 17.9 Å². The average Bonchev–Trinajstić information content (AvgIpc) is 2.34. The van der Waals surface area contributed by atoms with Crippen LogP contribution in [0.1, 0.15) is 22.3 Å². The average molecular weight is 270 g/mol. The molecule has 18 heavy (non-hydrogen) atoms. The molecule has 3 N–H and O–H groups in total. The molecule has 1 amide bonds. The number of amides is 1. The minimum absolute atomic E-state index is 0.0946. The van der Waals surface area contributed by atoms with Gasteiger partial charge >= 0.3 is 0 Å². The van der Waals surface area contributed by atoms with Crippen molar-refractivity contribution in [2.24, 2.45) is 5.73 Å². The summed E-state index contributed by atoms with van der Waals surface area (Å²) in [5.74, 6) is 0.512. The molecule has 0 spiro atoms. The lowest BCUT2D eigenvalue weighted by molar-refractivity contribution is -0.385. The Kier molecular flexibility index (Phi) is 5.60. The van der Waals surface area contributed by atoms with E-state index < -0.39 is 10.8 Å². The van der Waals surface area contributed by atoms with Crippen LogP contribution in [0.25, 0.3) is 0 Å². The molecule has 0 bridgehead atoms. The maximum Gasteiger partial charge on any atom is 0.274 e. The highest BCUT2D eigenvalue weighted by Gasteiger charge is 2.16. The first-order chi connectivity index (χ1) is 8.56. The minimum Gasteiger partial charge on any atom is -0.396 e. The Morgan fingerprint density at radius 2 is 2.22 bits per heavy atom. The van der Waals surface area contributed by atoms with Crippen LogP contribution in [0.15, 0.2) is 18.2 Å². The minimum atomic E-state index is -0.683. The van der Waals surface area contributed by atoms with E-state index in [2.05, 4.69) is 0 Å². The van der Waals surface area contributed by atoms with Gasteiger partial charge in [0.05, 0.1) is 4.92 Å². The van der Waals surface area contributed by atoms with Crippen LogP contribution < -0.4 is 5.73 Å². The Labute approximate surface area is 108 Å². The number of thioether (sulfide) groups is 1. The van der Waals surface area contributed by atoms with Crippen molar-refractivity contribution in [1.29, 1.82) is 0 Å². The van der Waals surface area contributed by atoms with Crippen LogP contribution in [0.4, 0.5) is 5.69 Å². The number of rotatable bonds is 7. The molecule has 0 fully saturated rings. The fraction of sp³-hybridized carbons (Fsp3) is 0.364. The molecule has 6 nitrogen and oxygen atoms in total. The number of aliphatic hydroxyl groups is 1. The smallest absolute Gasteiger partial charge is 0.274 e. The molecular weight excluding hydrogens is 256 g/mol. The number of nitrogens with two attached hydrogens (primary N) is 1. The second-order valence-electron chi connectivity index (χ2n) is 3.59. The van der Waals surface area contributed by atoms with E-state index in [1.54, 1.807) is 6.07 Å². The van der Waals surface area contributed by atoms with Crippen LogP contribution in [-0.4, -0.2) is 28.3 Å². The number of primary amides is 1. The summed E-state index contributed by atoms with van der Waals surface area (Å²) in [7, 11) is 0. The molecule has 1 aromatic rings. The summed E-state index contributed by atoms with van der Waals surface area (Å²) in [5, 5.41) is 19.5. The predicted octanol–water partition coefficient (Wildman–Crippen LogP) is 1.31. The largest absolute Gasteiger partial charge is 0.396 e. The first-order valence-corrected chi connectivity index (χ1v) is 6.47. The third kappa shape index (κ3) is 4.01. The quantitative estimate of drug-likeness (QED) is 0.441. The van der Waals surface area contributed by atoms with E-state index in [1.807, 2.05) is 0 Å². The number of hydrogen-bond acceptors (Lipinski definition) is 5. The standard InChI is InChI=1S/C11H14N2O4S/c12-11(15)8-2-3-9(7-18-5-1-4-14)10(6-8)13(16)17/h2-3,6,14H,1,4-5,7H2,(H2,12,15). The lowest BCUT2D eigenvalue weighted by Gasteiger charge is -2.04. The molecule has 0 saturated heterocycles. The molecule has 0 radical (unpaired) electrons. The van der Waals surface area contributed by atoms with E-state index in [9.17, 15) is 14.9 Å². The molecule has 0 heterocycles. The summed E-state index contributed by atoms with van der Waals surface area (Å²) < 4.78 is 0. The van der Waals surface area contributed by atoms with Crippen molar-refractivity contribution >= 4 is 23.4 Å². The van der Waals surface area contributed by atoms with Crippen molar-refractivity contribution in [3.05, 3.63) is 39.4 Å². The van der Waals surface area contributed by atoms with Crippen LogP contribution in [0.2, 0.25) is 0 Å². The Hall–Kier alpha value is -1.60. The van der Waals surface area contributed by atoms with Gasteiger partial charge in [-0.15, -0.1) is 0 Å². The summed E-state index contributed by atoms with van der Waals surface area (Å²) in [4.78, 5) is 21.3. The van der Waals surface area contributed by atoms with Crippen molar-refractivity contribution < 1.29 is 14.8 Å². The molecule has 0 aromatic heterocycles. The topological polar surface area (TPSA) is 106 Å². The second kappa shape index (κ2) is 6.97. The summed E-state index contributed by atoms with van der Waals surface area (Å²) in [5.41, 5.74) is 5.66. The van der Waals surface area contributed by atoms with Gasteiger partial charge in [0, 0.05) is 29.6 Å². The number of nitrogens with zero attached hydrogens (tertiary/aromatic N) is 1. The summed E-state index contributed by atoms with van der Waals surface area (Å²) in [6.45, 7) is 0.107. The van der Waals surface area contributed by atoms with Crippen molar-refractivity contribution in [1.82, 2.24) is 0 Å². The lowest BCUT2D eigenvalue weighted by Crippen LogP contribution is -2.11. The zero-order chi connectivity index (χ0) is 13.5. The van der Waals surface area contributed by atoms with Gasteiger partial charge in [-0.2, -0.15) is 11.8 Å². The maximum absolute atomic E-state index is 11.0. The fourth-order valence-corrected chi connectivity index (χ4v) is 2.30. The SMILES string of the molecule is NC(=O)c1ccc(CSCCCO)c([N+](=O)[O-])c1. The van der Waals surface area contributed by atoms with Gasteiger partial charge in [0.25, 0.3) is 5.69 Å². The van der Waals surface area contributed by atoms with Crippen molar-refractivity contribution in [2.45, 2.75) is 12.2 Å². The van der Waals surface area contributed by atoms with Crippen LogP contribution in [0, 0.1) is 10.1 Å². The normalized spacial score (nSPS) is 10.3. The molecule has 0 aliphatic rings. The molecule has 0 atom stereocenters. The molecule has 0 saturated carbocycles. The number of carbonyl (C=O) groups excluding carboxylic acids is 1. The molecule has 0 aliphatic carbocycles. The molecule has 98 valence electrons. The van der Waals surface area contributed by atoms with Gasteiger partial charge < -0.3 is 10.8 Å². The summed E-state index contributed by atoms with van der Waals surface area (Å²) >= 11 is 1.50. The first kappa shape index (κ1) is 14.5. The van der Waals surface area contributed by atoms with E-state index in [1.165, 1.54) is 23.9 Å². The van der Waals surface area contributed by atoms with Gasteiger partial charge in [-0.05, 0) is 18.2 Å². The molecule has 0 unspecified atom stereocenters. The van der Waals surface area contributed by atoms with Crippen molar-refractivity contribution in [3.63, 3.8) is 0 Å². The van der Waals surface area contributed by atoms with Gasteiger partial charge in [0.15, 0.2) is 0 Å². The van der Waals surface area contributed by atoms with Crippen molar-refractivity contribution in [2.75, 3.05) is 12.4 Å². The van der Waals surface area contributed by atoms with Crippen LogP contribution >= 0.6 is 11.8 Å². The Balaban J connectivity index is 2.83. The predicted molar refractivity (Wildman–Crippen MR) is 69.5 cm³/mol. The highest BCUT2D eigenvalue weighted by atomic mass is 32.2. The lowest BCUT2D eigenvalue weighted by atomic mass is 10.1. The van der Waals surface area contributed by atoms with Gasteiger partial charge in [0.1, 0.15) is 0 Å². The number of benzene rings is 1. The van der Waals surface area contributed by atoms with Crippen LogP contribution in [0.3, 0.4) is 0 Å². The number of nitro benzene ring substituents is 1. The number of carbonyl (C=O) groups is 1. The molecule has 0 aliphatic heterocycles. The highest BCUT2D eigenvalue weighted by molar-refractivity contribution is 7.98. The zero-order valence-corrected chi connectivity index (χ0v) is 10.5. The summed E-state index contributed by atoms with van der Waals surface area (Å²) in [6.07, 6.45) is 0.651. The second-order valence-corrected chi connectivity index (χ2v) is 4.70. The third-order valence-corrected chi connectivity index (χ3v) is 3.36. The number of hydrogen-bond donors (Lipinski definition) is 2. The van der Waals surface area contributed by atoms with E-state index >= 15 is 0 Å². The third-order valence-electron chi connectivity index (χ3n) is 2.27. The van der Waals surface area contributed by atoms with Crippen LogP contribution in [-0.2, 0) is 5.75 Å². The Morgan fingerprint density at radius 1 is 1.50 bits per heavy atom. The van der Waals surface area contributed by atoms with E-state index in [0.29, 0.717) is 17.7 Å². The van der Waals surface area contributed by atoms with E-state index in [0.717, 1.165) is 5.75 Å². The van der Waals surface area contributed by atoms with Gasteiger partial charge in [-0.25, -0.2) is 0 Å². The van der Waals surface area contributed by atoms with Crippen molar-refractivity contribution in [3.8, 4) is 0 Å². The fourth-order valence-electron chi connectivity index (χ4n) is 1.36. The zero-order valence-electron chi connectivity index (χ0n) is 9.67. The molecular formula is C11H14N2O4S. The Morgan fingerprint density at radius 3 is 2.78 bits per heavy atom. The molecule has 1 rings (SSSR count). The number of nitro groups is 1. The van der Waals surface area contributed by atoms with Gasteiger partial charge in [-0.3, -0.25) is 14.9 Å². The summed E-state index contributed by atoms with van der Waals surface area (Å²) in [6, 6.07) is 4.23. The monoisotopic (exact) mass is 270 g/mol. The first-order valence-electron chi connectivity index (χ1n) is 5.32. The molecule has 7 heteroatoms. The van der Waals surface area contributed by atoms with Gasteiger partial charge in [0.2, 0.25) is 5.91 Å². The highest BCUT2D eigenvalue weighted by Crippen LogP contribution is 2.24. The Bertz CT molecular complexity index is 451.